The van der Waals surface area contributed by atoms with Crippen molar-refractivity contribution in [2.24, 2.45) is 5.73 Å². The van der Waals surface area contributed by atoms with Gasteiger partial charge in [0.1, 0.15) is 0 Å². The standard InChI is InChI=1S/C15H30N2O3/c1-2-3-4-5-6-7-8-9-12-15(19)17(20)13-10-11-14(16)18/h20H,2-13H2,1H3,(H2,16,18). The van der Waals surface area contributed by atoms with E-state index in [1.165, 1.54) is 32.1 Å². The largest absolute Gasteiger partial charge is 0.370 e. The second kappa shape index (κ2) is 12.9. The molecule has 0 fully saturated rings. The highest BCUT2D eigenvalue weighted by Crippen LogP contribution is 2.10. The molecule has 2 amide bonds. The number of primary amides is 1. The van der Waals surface area contributed by atoms with E-state index in [0.29, 0.717) is 17.9 Å². The zero-order valence-electron chi connectivity index (χ0n) is 12.8. The predicted molar refractivity (Wildman–Crippen MR) is 79.2 cm³/mol. The Morgan fingerprint density at radius 2 is 1.45 bits per heavy atom. The monoisotopic (exact) mass is 286 g/mol. The number of nitrogens with two attached hydrogens (primary N) is 1. The number of carbonyl (C=O) groups is 2. The van der Waals surface area contributed by atoms with Gasteiger partial charge < -0.3 is 5.73 Å². The Hall–Kier alpha value is -1.10. The van der Waals surface area contributed by atoms with Crippen molar-refractivity contribution in [2.75, 3.05) is 6.54 Å². The summed E-state index contributed by atoms with van der Waals surface area (Å²) in [6.07, 6.45) is 10.4. The average Bonchev–Trinajstić information content (AvgIpc) is 2.41. The maximum Gasteiger partial charge on any atom is 0.245 e. The van der Waals surface area contributed by atoms with Crippen LogP contribution in [0.5, 0.6) is 0 Å². The zero-order valence-corrected chi connectivity index (χ0v) is 12.8. The molecular weight excluding hydrogens is 256 g/mol. The van der Waals surface area contributed by atoms with Crippen LogP contribution in [0.25, 0.3) is 0 Å². The number of rotatable bonds is 13. The van der Waals surface area contributed by atoms with E-state index < -0.39 is 5.91 Å². The van der Waals surface area contributed by atoms with Crippen LogP contribution >= 0.6 is 0 Å². The van der Waals surface area contributed by atoms with Gasteiger partial charge in [0.15, 0.2) is 0 Å². The maximum atomic E-state index is 11.6. The summed E-state index contributed by atoms with van der Waals surface area (Å²) < 4.78 is 0. The molecule has 0 radical (unpaired) electrons. The molecule has 5 heteroatoms. The molecule has 0 saturated heterocycles. The highest BCUT2D eigenvalue weighted by molar-refractivity contribution is 5.75. The van der Waals surface area contributed by atoms with Gasteiger partial charge in [-0.15, -0.1) is 0 Å². The van der Waals surface area contributed by atoms with Gasteiger partial charge in [-0.05, 0) is 12.8 Å². The van der Waals surface area contributed by atoms with E-state index in [9.17, 15) is 14.8 Å². The first-order valence-corrected chi connectivity index (χ1v) is 7.85. The van der Waals surface area contributed by atoms with Crippen molar-refractivity contribution in [3.05, 3.63) is 0 Å². The van der Waals surface area contributed by atoms with E-state index >= 15 is 0 Å². The van der Waals surface area contributed by atoms with E-state index in [2.05, 4.69) is 6.92 Å². The molecule has 0 aliphatic rings. The minimum atomic E-state index is -0.408. The van der Waals surface area contributed by atoms with Crippen LogP contribution < -0.4 is 5.73 Å². The fourth-order valence-electron chi connectivity index (χ4n) is 2.07. The lowest BCUT2D eigenvalue weighted by atomic mass is 10.1. The van der Waals surface area contributed by atoms with Crippen molar-refractivity contribution in [1.29, 1.82) is 0 Å². The first-order valence-electron chi connectivity index (χ1n) is 7.85. The third-order valence-corrected chi connectivity index (χ3v) is 3.33. The molecule has 0 aromatic carbocycles. The average molecular weight is 286 g/mol. The van der Waals surface area contributed by atoms with Gasteiger partial charge in [0.05, 0.1) is 0 Å². The number of hydroxylamine groups is 2. The van der Waals surface area contributed by atoms with E-state index in [4.69, 9.17) is 5.73 Å². The molecule has 0 rings (SSSR count). The lowest BCUT2D eigenvalue weighted by molar-refractivity contribution is -0.165. The second-order valence-electron chi connectivity index (χ2n) is 5.31. The fraction of sp³-hybridized carbons (Fsp3) is 0.867. The third-order valence-electron chi connectivity index (χ3n) is 3.33. The molecule has 20 heavy (non-hydrogen) atoms. The third kappa shape index (κ3) is 12.0. The molecule has 3 N–H and O–H groups in total. The minimum absolute atomic E-state index is 0.179. The van der Waals surface area contributed by atoms with Crippen molar-refractivity contribution in [1.82, 2.24) is 5.06 Å². The van der Waals surface area contributed by atoms with Gasteiger partial charge in [-0.1, -0.05) is 51.9 Å². The molecule has 0 aromatic rings. The van der Waals surface area contributed by atoms with E-state index in [1.54, 1.807) is 0 Å². The summed E-state index contributed by atoms with van der Waals surface area (Å²) >= 11 is 0. The quantitative estimate of drug-likeness (QED) is 0.310. The molecule has 0 aromatic heterocycles. The fourth-order valence-corrected chi connectivity index (χ4v) is 2.07. The summed E-state index contributed by atoms with van der Waals surface area (Å²) in [6, 6.07) is 0. The molecule has 0 unspecified atom stereocenters. The Kier molecular flexibility index (Phi) is 12.2. The minimum Gasteiger partial charge on any atom is -0.370 e. The maximum absolute atomic E-state index is 11.6. The number of carbonyl (C=O) groups excluding carboxylic acids is 2. The Bertz CT molecular complexity index is 270. The summed E-state index contributed by atoms with van der Waals surface area (Å²) in [7, 11) is 0. The van der Waals surface area contributed by atoms with Crippen LogP contribution in [0.3, 0.4) is 0 Å². The number of amides is 2. The van der Waals surface area contributed by atoms with Crippen molar-refractivity contribution >= 4 is 11.8 Å². The number of unbranched alkanes of at least 4 members (excludes halogenated alkanes) is 7. The van der Waals surface area contributed by atoms with Gasteiger partial charge in [-0.3, -0.25) is 14.8 Å². The normalized spacial score (nSPS) is 10.5. The highest BCUT2D eigenvalue weighted by Gasteiger charge is 2.10. The van der Waals surface area contributed by atoms with E-state index in [0.717, 1.165) is 19.3 Å². The molecule has 118 valence electrons. The van der Waals surface area contributed by atoms with Crippen molar-refractivity contribution in [3.63, 3.8) is 0 Å². The van der Waals surface area contributed by atoms with Crippen molar-refractivity contribution < 1.29 is 14.8 Å². The molecule has 0 saturated carbocycles. The summed E-state index contributed by atoms with van der Waals surface area (Å²) in [5.41, 5.74) is 4.99. The Morgan fingerprint density at radius 1 is 0.900 bits per heavy atom. The highest BCUT2D eigenvalue weighted by atomic mass is 16.5. The van der Waals surface area contributed by atoms with Crippen LogP contribution in [-0.4, -0.2) is 28.6 Å². The first-order chi connectivity index (χ1) is 9.57. The van der Waals surface area contributed by atoms with Crippen molar-refractivity contribution in [3.8, 4) is 0 Å². The second-order valence-corrected chi connectivity index (χ2v) is 5.31. The summed E-state index contributed by atoms with van der Waals surface area (Å²) in [5, 5.41) is 10.2. The van der Waals surface area contributed by atoms with Gasteiger partial charge in [-0.2, -0.15) is 0 Å². The Morgan fingerprint density at radius 3 is 2.00 bits per heavy atom. The van der Waals surface area contributed by atoms with Gasteiger partial charge in [0.25, 0.3) is 0 Å². The van der Waals surface area contributed by atoms with Gasteiger partial charge in [0.2, 0.25) is 11.8 Å². The van der Waals surface area contributed by atoms with E-state index in [-0.39, 0.29) is 18.9 Å². The van der Waals surface area contributed by atoms with Crippen LogP contribution in [0.2, 0.25) is 0 Å². The zero-order chi connectivity index (χ0) is 15.2. The number of hydrogen-bond acceptors (Lipinski definition) is 3. The molecule has 0 spiro atoms. The van der Waals surface area contributed by atoms with Crippen LogP contribution in [0.4, 0.5) is 0 Å². The molecule has 5 nitrogen and oxygen atoms in total. The van der Waals surface area contributed by atoms with Crippen molar-refractivity contribution in [2.45, 2.75) is 77.6 Å². The lowest BCUT2D eigenvalue weighted by Crippen LogP contribution is -2.28. The van der Waals surface area contributed by atoms with Gasteiger partial charge in [0, 0.05) is 19.4 Å². The summed E-state index contributed by atoms with van der Waals surface area (Å²) in [6.45, 7) is 2.38. The van der Waals surface area contributed by atoms with Crippen LogP contribution in [0.1, 0.15) is 77.6 Å². The summed E-state index contributed by atoms with van der Waals surface area (Å²) in [4.78, 5) is 22.1. The van der Waals surface area contributed by atoms with Crippen LogP contribution in [-0.2, 0) is 9.59 Å². The number of hydrogen-bond donors (Lipinski definition) is 2. The Labute approximate surface area is 122 Å². The smallest absolute Gasteiger partial charge is 0.245 e. The van der Waals surface area contributed by atoms with E-state index in [1.807, 2.05) is 0 Å². The van der Waals surface area contributed by atoms with Gasteiger partial charge >= 0.3 is 0 Å². The predicted octanol–water partition coefficient (Wildman–Crippen LogP) is 3.00. The topological polar surface area (TPSA) is 83.6 Å². The van der Waals surface area contributed by atoms with Gasteiger partial charge in [-0.25, -0.2) is 5.06 Å². The lowest BCUT2D eigenvalue weighted by Gasteiger charge is -2.14. The molecule has 0 atom stereocenters. The molecule has 0 aliphatic heterocycles. The number of nitrogens with zero attached hydrogens (tertiary/aromatic N) is 1. The molecule has 0 heterocycles. The first kappa shape index (κ1) is 18.9. The van der Waals surface area contributed by atoms with Crippen LogP contribution in [0.15, 0.2) is 0 Å². The summed E-state index contributed by atoms with van der Waals surface area (Å²) in [5.74, 6) is -0.672. The SMILES string of the molecule is CCCCCCCCCCC(=O)N(O)CCCC(N)=O. The molecule has 0 aliphatic carbocycles. The Balaban J connectivity index is 3.40. The molecule has 0 bridgehead atoms. The molecular formula is C15H30N2O3. The van der Waals surface area contributed by atoms with Crippen LogP contribution in [0, 0.1) is 0 Å².